The lowest BCUT2D eigenvalue weighted by Crippen LogP contribution is -2.27. The van der Waals surface area contributed by atoms with Gasteiger partial charge in [-0.15, -0.1) is 0 Å². The van der Waals surface area contributed by atoms with Gasteiger partial charge < -0.3 is 14.2 Å². The van der Waals surface area contributed by atoms with Crippen molar-refractivity contribution in [1.82, 2.24) is 4.57 Å². The molecule has 3 nitrogen and oxygen atoms in total. The topological polar surface area (TPSA) is 39.1 Å². The van der Waals surface area contributed by atoms with Crippen LogP contribution in [0.5, 0.6) is 0 Å². The number of allylic oxidation sites excluding steroid dienone is 1. The Labute approximate surface area is 105 Å². The highest BCUT2D eigenvalue weighted by Gasteiger charge is 2.32. The Hall–Kier alpha value is -2.16. The minimum Gasteiger partial charge on any atom is -0.344 e. The van der Waals surface area contributed by atoms with E-state index < -0.39 is 5.41 Å². The van der Waals surface area contributed by atoms with Gasteiger partial charge in [0.15, 0.2) is 0 Å². The molecule has 18 heavy (non-hydrogen) atoms. The third-order valence-corrected chi connectivity index (χ3v) is 3.73. The molecule has 0 unspecified atom stereocenters. The summed E-state index contributed by atoms with van der Waals surface area (Å²) in [6, 6.07) is 8.05. The molecule has 1 aromatic carbocycles. The second-order valence-corrected chi connectivity index (χ2v) is 4.80. The largest absolute Gasteiger partial charge is 0.344 e. The van der Waals surface area contributed by atoms with Crippen LogP contribution >= 0.6 is 0 Å². The molecule has 0 radical (unpaired) electrons. The number of aryl methyl sites for hydroxylation is 1. The molecule has 0 spiro atoms. The molecule has 3 rings (SSSR count). The monoisotopic (exact) mass is 239 g/mol. The Morgan fingerprint density at radius 3 is 2.67 bits per heavy atom. The lowest BCUT2D eigenvalue weighted by Gasteiger charge is -2.21. The van der Waals surface area contributed by atoms with Crippen molar-refractivity contribution in [1.29, 1.82) is 0 Å². The van der Waals surface area contributed by atoms with Crippen molar-refractivity contribution < 1.29 is 9.59 Å². The number of hydrogen-bond donors (Lipinski definition) is 0. The molecule has 1 heterocycles. The molecule has 0 amide bonds. The Kier molecular flexibility index (Phi) is 2.23. The second kappa shape index (κ2) is 3.67. The van der Waals surface area contributed by atoms with Crippen molar-refractivity contribution in [3.63, 3.8) is 0 Å². The minimum atomic E-state index is -0.989. The maximum absolute atomic E-state index is 11.2. The van der Waals surface area contributed by atoms with Crippen LogP contribution in [0, 0.1) is 5.41 Å². The van der Waals surface area contributed by atoms with Gasteiger partial charge in [-0.3, -0.25) is 0 Å². The van der Waals surface area contributed by atoms with Crippen LogP contribution in [0.3, 0.4) is 0 Å². The van der Waals surface area contributed by atoms with E-state index in [0.29, 0.717) is 6.42 Å². The molecule has 0 saturated carbocycles. The molecule has 2 aromatic rings. The summed E-state index contributed by atoms with van der Waals surface area (Å²) in [5.74, 6) is 0. The van der Waals surface area contributed by atoms with E-state index in [1.54, 1.807) is 6.08 Å². The second-order valence-electron chi connectivity index (χ2n) is 4.80. The number of aldehydes is 2. The van der Waals surface area contributed by atoms with Crippen molar-refractivity contribution in [3.05, 3.63) is 41.6 Å². The molecule has 0 bridgehead atoms. The normalized spacial score (nSPS) is 16.5. The van der Waals surface area contributed by atoms with Crippen molar-refractivity contribution in [2.45, 2.75) is 6.42 Å². The van der Waals surface area contributed by atoms with Crippen LogP contribution in [0.2, 0.25) is 0 Å². The van der Waals surface area contributed by atoms with Gasteiger partial charge in [-0.05, 0) is 24.1 Å². The van der Waals surface area contributed by atoms with Gasteiger partial charge in [0.05, 0.1) is 0 Å². The number of rotatable bonds is 2. The number of benzene rings is 1. The number of nitrogens with zero attached hydrogens (tertiary/aromatic N) is 1. The Bertz CT molecular complexity index is 671. The summed E-state index contributed by atoms with van der Waals surface area (Å²) in [6.07, 6.45) is 5.51. The summed E-state index contributed by atoms with van der Waals surface area (Å²) >= 11 is 0. The summed E-state index contributed by atoms with van der Waals surface area (Å²) in [7, 11) is 2.00. The number of carbonyl (C=O) groups excluding carboxylic acids is 2. The fourth-order valence-corrected chi connectivity index (χ4v) is 2.68. The predicted octanol–water partition coefficient (Wildman–Crippen LogP) is 2.13. The van der Waals surface area contributed by atoms with E-state index >= 15 is 0 Å². The zero-order valence-electron chi connectivity index (χ0n) is 10.1. The van der Waals surface area contributed by atoms with Crippen LogP contribution in [-0.4, -0.2) is 17.1 Å². The third-order valence-electron chi connectivity index (χ3n) is 3.73. The molecule has 0 atom stereocenters. The molecule has 1 aliphatic rings. The summed E-state index contributed by atoms with van der Waals surface area (Å²) < 4.78 is 2.10. The number of para-hydroxylation sites is 1. The molecule has 0 fully saturated rings. The SMILES string of the molecule is Cn1c2c(c3ccccc31)CC(C=O)(C=O)C=C2. The lowest BCUT2D eigenvalue weighted by molar-refractivity contribution is -0.123. The van der Waals surface area contributed by atoms with E-state index in [2.05, 4.69) is 4.57 Å². The lowest BCUT2D eigenvalue weighted by atomic mass is 9.80. The number of aromatic nitrogens is 1. The first kappa shape index (κ1) is 11.0. The quantitative estimate of drug-likeness (QED) is 0.595. The summed E-state index contributed by atoms with van der Waals surface area (Å²) in [5.41, 5.74) is 2.29. The molecule has 90 valence electrons. The van der Waals surface area contributed by atoms with Crippen LogP contribution in [0.15, 0.2) is 30.3 Å². The minimum absolute atomic E-state index is 0.452. The van der Waals surface area contributed by atoms with E-state index in [1.165, 1.54) is 0 Å². The van der Waals surface area contributed by atoms with E-state index in [1.807, 2.05) is 37.4 Å². The standard InChI is InChI=1S/C15H13NO2/c1-16-13-5-3-2-4-11(13)12-8-15(9-17,10-18)7-6-14(12)16/h2-7,9-10H,8H2,1H3. The van der Waals surface area contributed by atoms with E-state index in [-0.39, 0.29) is 0 Å². The van der Waals surface area contributed by atoms with Gasteiger partial charge in [-0.25, -0.2) is 0 Å². The van der Waals surface area contributed by atoms with Gasteiger partial charge in [0.2, 0.25) is 0 Å². The molecule has 0 aliphatic heterocycles. The first-order chi connectivity index (χ1) is 8.71. The number of fused-ring (bicyclic) bond motifs is 3. The zero-order valence-corrected chi connectivity index (χ0v) is 10.1. The predicted molar refractivity (Wildman–Crippen MR) is 70.2 cm³/mol. The average Bonchev–Trinajstić information content (AvgIpc) is 2.72. The Balaban J connectivity index is 2.30. The van der Waals surface area contributed by atoms with Gasteiger partial charge in [-0.1, -0.05) is 24.3 Å². The van der Waals surface area contributed by atoms with Crippen molar-refractivity contribution in [2.75, 3.05) is 0 Å². The fraction of sp³-hybridized carbons (Fsp3) is 0.200. The Morgan fingerprint density at radius 2 is 1.94 bits per heavy atom. The highest BCUT2D eigenvalue weighted by atomic mass is 16.1. The maximum Gasteiger partial charge on any atom is 0.137 e. The molecule has 1 aliphatic carbocycles. The summed E-state index contributed by atoms with van der Waals surface area (Å²) in [5, 5.41) is 1.12. The molecule has 0 N–H and O–H groups in total. The summed E-state index contributed by atoms with van der Waals surface area (Å²) in [4.78, 5) is 22.4. The van der Waals surface area contributed by atoms with Crippen molar-refractivity contribution >= 4 is 29.6 Å². The van der Waals surface area contributed by atoms with Crippen LogP contribution in [0.1, 0.15) is 11.3 Å². The summed E-state index contributed by atoms with van der Waals surface area (Å²) in [6.45, 7) is 0. The zero-order chi connectivity index (χ0) is 12.8. The van der Waals surface area contributed by atoms with Crippen LogP contribution in [0.25, 0.3) is 17.0 Å². The first-order valence-corrected chi connectivity index (χ1v) is 5.89. The van der Waals surface area contributed by atoms with E-state index in [4.69, 9.17) is 0 Å². The molecular weight excluding hydrogens is 226 g/mol. The van der Waals surface area contributed by atoms with Gasteiger partial charge in [-0.2, -0.15) is 0 Å². The smallest absolute Gasteiger partial charge is 0.137 e. The van der Waals surface area contributed by atoms with Gasteiger partial charge in [0.25, 0.3) is 0 Å². The third kappa shape index (κ3) is 1.30. The van der Waals surface area contributed by atoms with Crippen LogP contribution < -0.4 is 0 Å². The molecular formula is C15H13NO2. The van der Waals surface area contributed by atoms with Gasteiger partial charge >= 0.3 is 0 Å². The average molecular weight is 239 g/mol. The highest BCUT2D eigenvalue weighted by Crippen LogP contribution is 2.35. The van der Waals surface area contributed by atoms with Gasteiger partial charge in [0, 0.05) is 23.6 Å². The van der Waals surface area contributed by atoms with Crippen LogP contribution in [-0.2, 0) is 23.1 Å². The Morgan fingerprint density at radius 1 is 1.22 bits per heavy atom. The van der Waals surface area contributed by atoms with Gasteiger partial charge in [0.1, 0.15) is 18.0 Å². The van der Waals surface area contributed by atoms with Crippen molar-refractivity contribution in [3.8, 4) is 0 Å². The van der Waals surface area contributed by atoms with Crippen LogP contribution in [0.4, 0.5) is 0 Å². The fourth-order valence-electron chi connectivity index (χ4n) is 2.68. The number of hydrogen-bond acceptors (Lipinski definition) is 2. The van der Waals surface area contributed by atoms with Crippen molar-refractivity contribution in [2.24, 2.45) is 12.5 Å². The van der Waals surface area contributed by atoms with E-state index in [0.717, 1.165) is 34.7 Å². The number of carbonyl (C=O) groups is 2. The molecule has 0 saturated heterocycles. The molecule has 3 heteroatoms. The first-order valence-electron chi connectivity index (χ1n) is 5.89. The van der Waals surface area contributed by atoms with E-state index in [9.17, 15) is 9.59 Å². The maximum atomic E-state index is 11.2. The molecule has 1 aromatic heterocycles. The highest BCUT2D eigenvalue weighted by molar-refractivity contribution is 5.95.